The van der Waals surface area contributed by atoms with Crippen LogP contribution in [0.1, 0.15) is 55.2 Å². The number of phenolic OH excluding ortho intramolecular Hbond substituents is 1. The zero-order valence-electron chi connectivity index (χ0n) is 23.4. The first kappa shape index (κ1) is 29.8. The zero-order valence-corrected chi connectivity index (χ0v) is 23.4. The number of nitrogens with one attached hydrogen (secondary N) is 2. The van der Waals surface area contributed by atoms with E-state index in [-0.39, 0.29) is 23.9 Å². The molecule has 4 atom stereocenters. The Morgan fingerprint density at radius 2 is 1.72 bits per heavy atom. The average molecular weight is 543 g/mol. The van der Waals surface area contributed by atoms with Crippen molar-refractivity contribution in [1.82, 2.24) is 5.32 Å². The molecule has 1 saturated heterocycles. The fourth-order valence-corrected chi connectivity index (χ4v) is 4.93. The number of aliphatic hydroxyl groups is 1. The van der Waals surface area contributed by atoms with E-state index in [1.807, 2.05) is 12.1 Å². The highest BCUT2D eigenvalue weighted by Gasteiger charge is 2.36. The number of aromatic hydroxyl groups is 1. The first-order chi connectivity index (χ1) is 19.0. The van der Waals surface area contributed by atoms with Gasteiger partial charge in [0.25, 0.3) is 0 Å². The minimum atomic E-state index is -0.395. The van der Waals surface area contributed by atoms with Crippen molar-refractivity contribution in [2.75, 3.05) is 51.9 Å². The lowest BCUT2D eigenvalue weighted by Crippen LogP contribution is -2.50. The summed E-state index contributed by atoms with van der Waals surface area (Å²) in [5, 5.41) is 26.8. The van der Waals surface area contributed by atoms with Crippen LogP contribution in [0.15, 0.2) is 42.5 Å². The van der Waals surface area contributed by atoms with Crippen LogP contribution in [0.25, 0.3) is 0 Å². The van der Waals surface area contributed by atoms with Gasteiger partial charge < -0.3 is 39.8 Å². The Balaban J connectivity index is 1.41. The standard InChI is InChI=1S/C31H46N2O6/c1-22(34)12-15-38-29-17-32-18-30(31(29)26-9-6-24(7-10-26)20-37-19-23-4-5-23)39-21-25-8-11-28(35)27(16-25)33-13-3-14-36-2/h6-11,16,22-23,29-35H,3-5,12-15,17-21H2,1-2H3/t22-,29+,30-,31?/m0/s1. The summed E-state index contributed by atoms with van der Waals surface area (Å²) in [4.78, 5) is 0. The van der Waals surface area contributed by atoms with E-state index < -0.39 is 6.10 Å². The molecule has 1 aliphatic heterocycles. The van der Waals surface area contributed by atoms with Gasteiger partial charge in [0.1, 0.15) is 5.75 Å². The minimum absolute atomic E-state index is 0.0467. The quantitative estimate of drug-likeness (QED) is 0.174. The highest BCUT2D eigenvalue weighted by Crippen LogP contribution is 2.33. The van der Waals surface area contributed by atoms with Crippen molar-refractivity contribution in [2.45, 2.75) is 70.1 Å². The third kappa shape index (κ3) is 9.74. The van der Waals surface area contributed by atoms with Crippen molar-refractivity contribution >= 4 is 5.69 Å². The molecule has 4 rings (SSSR count). The van der Waals surface area contributed by atoms with Gasteiger partial charge in [-0.2, -0.15) is 0 Å². The van der Waals surface area contributed by atoms with E-state index in [0.717, 1.165) is 31.1 Å². The van der Waals surface area contributed by atoms with Gasteiger partial charge in [-0.15, -0.1) is 0 Å². The third-order valence-corrected chi connectivity index (χ3v) is 7.41. The maximum Gasteiger partial charge on any atom is 0.138 e. The second-order valence-corrected chi connectivity index (χ2v) is 10.9. The normalized spacial score (nSPS) is 22.1. The SMILES string of the molecule is COCCCNc1cc(CO[C@H]2CNC[C@@H](OCC[C@H](C)O)C2c2ccc(COCC3CC3)cc2)ccc1O. The Hall–Kier alpha value is -2.20. The summed E-state index contributed by atoms with van der Waals surface area (Å²) in [6, 6.07) is 14.2. The first-order valence-electron chi connectivity index (χ1n) is 14.4. The molecule has 1 heterocycles. The number of methoxy groups -OCH3 is 1. The Morgan fingerprint density at radius 1 is 0.974 bits per heavy atom. The van der Waals surface area contributed by atoms with E-state index in [4.69, 9.17) is 18.9 Å². The van der Waals surface area contributed by atoms with Crippen LogP contribution in [0.4, 0.5) is 5.69 Å². The summed E-state index contributed by atoms with van der Waals surface area (Å²) in [5.41, 5.74) is 4.04. The van der Waals surface area contributed by atoms with E-state index >= 15 is 0 Å². The number of hydrogen-bond donors (Lipinski definition) is 4. The van der Waals surface area contributed by atoms with Crippen LogP contribution in [0.2, 0.25) is 0 Å². The second kappa shape index (κ2) is 15.6. The summed E-state index contributed by atoms with van der Waals surface area (Å²) in [5.74, 6) is 1.03. The molecule has 8 nitrogen and oxygen atoms in total. The molecule has 0 bridgehead atoms. The van der Waals surface area contributed by atoms with E-state index in [1.165, 1.54) is 24.0 Å². The Morgan fingerprint density at radius 3 is 2.44 bits per heavy atom. The summed E-state index contributed by atoms with van der Waals surface area (Å²) in [6.45, 7) is 7.02. The topological polar surface area (TPSA) is 101 Å². The molecular weight excluding hydrogens is 496 g/mol. The van der Waals surface area contributed by atoms with Gasteiger partial charge in [-0.05, 0) is 67.3 Å². The first-order valence-corrected chi connectivity index (χ1v) is 14.4. The molecule has 2 fully saturated rings. The van der Waals surface area contributed by atoms with Crippen molar-refractivity contribution in [3.05, 3.63) is 59.2 Å². The molecular formula is C31H46N2O6. The van der Waals surface area contributed by atoms with Crippen LogP contribution >= 0.6 is 0 Å². The molecule has 39 heavy (non-hydrogen) atoms. The average Bonchev–Trinajstić information content (AvgIpc) is 3.76. The van der Waals surface area contributed by atoms with E-state index in [2.05, 4.69) is 34.9 Å². The molecule has 1 unspecified atom stereocenters. The van der Waals surface area contributed by atoms with Gasteiger partial charge >= 0.3 is 0 Å². The number of hydrogen-bond acceptors (Lipinski definition) is 8. The number of phenols is 1. The Bertz CT molecular complexity index is 982. The van der Waals surface area contributed by atoms with Gasteiger partial charge in [-0.1, -0.05) is 30.3 Å². The molecule has 216 valence electrons. The molecule has 4 N–H and O–H groups in total. The van der Waals surface area contributed by atoms with Crippen molar-refractivity contribution in [3.8, 4) is 5.75 Å². The molecule has 0 aromatic heterocycles. The number of piperidine rings is 1. The molecule has 2 aromatic carbocycles. The number of ether oxygens (including phenoxy) is 4. The Kier molecular flexibility index (Phi) is 11.9. The van der Waals surface area contributed by atoms with Crippen molar-refractivity contribution in [1.29, 1.82) is 0 Å². The van der Waals surface area contributed by atoms with Gasteiger partial charge in [0.05, 0.1) is 37.2 Å². The minimum Gasteiger partial charge on any atom is -0.506 e. The number of anilines is 1. The van der Waals surface area contributed by atoms with Gasteiger partial charge in [-0.3, -0.25) is 0 Å². The van der Waals surface area contributed by atoms with E-state index in [9.17, 15) is 10.2 Å². The number of aliphatic hydroxyl groups excluding tert-OH is 1. The summed E-state index contributed by atoms with van der Waals surface area (Å²) < 4.78 is 23.8. The van der Waals surface area contributed by atoms with Crippen LogP contribution in [0.3, 0.4) is 0 Å². The molecule has 0 spiro atoms. The van der Waals surface area contributed by atoms with E-state index in [0.29, 0.717) is 51.6 Å². The van der Waals surface area contributed by atoms with Crippen molar-refractivity contribution in [2.24, 2.45) is 5.92 Å². The van der Waals surface area contributed by atoms with Crippen LogP contribution < -0.4 is 10.6 Å². The van der Waals surface area contributed by atoms with Gasteiger partial charge in [0.2, 0.25) is 0 Å². The molecule has 1 saturated carbocycles. The summed E-state index contributed by atoms with van der Waals surface area (Å²) in [6.07, 6.45) is 3.48. The fourth-order valence-electron chi connectivity index (χ4n) is 4.93. The van der Waals surface area contributed by atoms with Crippen molar-refractivity contribution < 1.29 is 29.2 Å². The maximum absolute atomic E-state index is 10.3. The molecule has 1 aliphatic carbocycles. The monoisotopic (exact) mass is 542 g/mol. The predicted molar refractivity (Wildman–Crippen MR) is 152 cm³/mol. The smallest absolute Gasteiger partial charge is 0.138 e. The van der Waals surface area contributed by atoms with Gasteiger partial charge in [0, 0.05) is 52.5 Å². The molecule has 2 aromatic rings. The molecule has 2 aliphatic rings. The largest absolute Gasteiger partial charge is 0.506 e. The van der Waals surface area contributed by atoms with Crippen LogP contribution in [0.5, 0.6) is 5.75 Å². The van der Waals surface area contributed by atoms with Gasteiger partial charge in [0.15, 0.2) is 0 Å². The lowest BCUT2D eigenvalue weighted by atomic mass is 9.85. The third-order valence-electron chi connectivity index (χ3n) is 7.41. The van der Waals surface area contributed by atoms with E-state index in [1.54, 1.807) is 20.1 Å². The molecule has 0 amide bonds. The number of benzene rings is 2. The van der Waals surface area contributed by atoms with Crippen LogP contribution in [-0.2, 0) is 32.2 Å². The lowest BCUT2D eigenvalue weighted by molar-refractivity contribution is -0.0639. The van der Waals surface area contributed by atoms with Gasteiger partial charge in [-0.25, -0.2) is 0 Å². The zero-order chi connectivity index (χ0) is 27.5. The second-order valence-electron chi connectivity index (χ2n) is 10.9. The predicted octanol–water partition coefficient (Wildman–Crippen LogP) is 4.20. The summed E-state index contributed by atoms with van der Waals surface area (Å²) in [7, 11) is 1.68. The fraction of sp³-hybridized carbons (Fsp3) is 0.613. The maximum atomic E-state index is 10.3. The Labute approximate surface area is 233 Å². The van der Waals surface area contributed by atoms with Crippen LogP contribution in [-0.4, -0.2) is 75.1 Å². The van der Waals surface area contributed by atoms with Crippen LogP contribution in [0, 0.1) is 5.92 Å². The number of rotatable bonds is 17. The lowest BCUT2D eigenvalue weighted by Gasteiger charge is -2.39. The highest BCUT2D eigenvalue weighted by molar-refractivity contribution is 5.57. The summed E-state index contributed by atoms with van der Waals surface area (Å²) >= 11 is 0. The molecule has 8 heteroatoms. The highest BCUT2D eigenvalue weighted by atomic mass is 16.5. The van der Waals surface area contributed by atoms with Crippen molar-refractivity contribution in [3.63, 3.8) is 0 Å². The molecule has 0 radical (unpaired) electrons.